The predicted molar refractivity (Wildman–Crippen MR) is 179 cm³/mol. The van der Waals surface area contributed by atoms with Gasteiger partial charge in [-0.15, -0.1) is 11.6 Å². The minimum Gasteiger partial charge on any atom is -0.400 e. The number of hydrogen-bond donors (Lipinski definition) is 3. The minimum atomic E-state index is -0.346. The molecular weight excluding hydrogens is 528 g/mol. The largest absolute Gasteiger partial charge is 0.400 e. The van der Waals surface area contributed by atoms with Gasteiger partial charge in [0.2, 0.25) is 0 Å². The van der Waals surface area contributed by atoms with Crippen LogP contribution in [0.1, 0.15) is 163 Å². The summed E-state index contributed by atoms with van der Waals surface area (Å²) in [5.41, 5.74) is 0.741. The van der Waals surface area contributed by atoms with Gasteiger partial charge in [0.05, 0.1) is 0 Å². The van der Waals surface area contributed by atoms with E-state index in [4.69, 9.17) is 16.7 Å². The van der Waals surface area contributed by atoms with E-state index < -0.39 is 0 Å². The third kappa shape index (κ3) is 12.9. The highest BCUT2D eigenvalue weighted by molar-refractivity contribution is 6.20. The Morgan fingerprint density at radius 2 is 1.56 bits per heavy atom. The summed E-state index contributed by atoms with van der Waals surface area (Å²) in [6.07, 6.45) is 27.1. The summed E-state index contributed by atoms with van der Waals surface area (Å²) in [6, 6.07) is 0. The fourth-order valence-electron chi connectivity index (χ4n) is 8.28. The van der Waals surface area contributed by atoms with E-state index in [1.54, 1.807) is 0 Å². The normalized spacial score (nSPS) is 26.0. The first-order chi connectivity index (χ1) is 19.8. The lowest BCUT2D eigenvalue weighted by Crippen LogP contribution is -2.57. The van der Waals surface area contributed by atoms with Gasteiger partial charge in [0.1, 0.15) is 6.23 Å². The van der Waals surface area contributed by atoms with Crippen molar-refractivity contribution in [3.05, 3.63) is 0 Å². The summed E-state index contributed by atoms with van der Waals surface area (Å²) < 4.78 is 0. The van der Waals surface area contributed by atoms with Gasteiger partial charge in [0.25, 0.3) is 0 Å². The quantitative estimate of drug-likeness (QED) is 0.0742. The van der Waals surface area contributed by atoms with E-state index in [1.165, 1.54) is 135 Å². The Morgan fingerprint density at radius 1 is 0.854 bits per heavy atom. The van der Waals surface area contributed by atoms with Crippen molar-refractivity contribution in [2.24, 2.45) is 23.2 Å². The Hall–Kier alpha value is 0.130. The van der Waals surface area contributed by atoms with Crippen LogP contribution >= 0.6 is 11.6 Å². The summed E-state index contributed by atoms with van der Waals surface area (Å²) in [5, 5.41) is 22.0. The zero-order chi connectivity index (χ0) is 30.1. The van der Waals surface area contributed by atoms with Gasteiger partial charge < -0.3 is 15.1 Å². The highest BCUT2D eigenvalue weighted by Gasteiger charge is 2.45. The van der Waals surface area contributed by atoms with Crippen molar-refractivity contribution in [1.82, 2.24) is 10.2 Å². The van der Waals surface area contributed by atoms with Crippen LogP contribution in [0.3, 0.4) is 0 Å². The fraction of sp³-hybridized carbons (Fsp3) is 1.00. The molecule has 3 aliphatic rings. The molecule has 3 rings (SSSR count). The summed E-state index contributed by atoms with van der Waals surface area (Å²) in [6.45, 7) is 13.1. The molecule has 0 aromatic carbocycles. The average molecular weight is 599 g/mol. The van der Waals surface area contributed by atoms with E-state index >= 15 is 0 Å². The number of aliphatic hydroxyl groups excluding tert-OH is 2. The molecule has 4 nitrogen and oxygen atoms in total. The molecule has 5 heteroatoms. The van der Waals surface area contributed by atoms with Crippen molar-refractivity contribution < 1.29 is 10.2 Å². The lowest BCUT2D eigenvalue weighted by Gasteiger charge is -2.42. The maximum atomic E-state index is 10.8. The van der Waals surface area contributed by atoms with E-state index in [2.05, 4.69) is 37.9 Å². The van der Waals surface area contributed by atoms with Crippen molar-refractivity contribution in [3.63, 3.8) is 0 Å². The van der Waals surface area contributed by atoms with E-state index in [1.807, 2.05) is 0 Å². The van der Waals surface area contributed by atoms with E-state index in [-0.39, 0.29) is 11.8 Å². The van der Waals surface area contributed by atoms with Gasteiger partial charge >= 0.3 is 0 Å². The van der Waals surface area contributed by atoms with E-state index in [9.17, 15) is 5.11 Å². The lowest BCUT2D eigenvalue weighted by atomic mass is 9.67. The minimum absolute atomic E-state index is 0.129. The molecule has 3 N–H and O–H groups in total. The molecule has 0 spiro atoms. The van der Waals surface area contributed by atoms with Crippen molar-refractivity contribution in [2.45, 2.75) is 180 Å². The number of unbranched alkanes of at least 4 members (excludes halogenated alkanes) is 2. The Morgan fingerprint density at radius 3 is 2.20 bits per heavy atom. The molecule has 0 aromatic rings. The number of nitrogens with zero attached hydrogens (tertiary/aromatic N) is 1. The van der Waals surface area contributed by atoms with Crippen LogP contribution in [0.4, 0.5) is 0 Å². The highest BCUT2D eigenvalue weighted by atomic mass is 35.5. The van der Waals surface area contributed by atoms with Gasteiger partial charge in [-0.2, -0.15) is 0 Å². The summed E-state index contributed by atoms with van der Waals surface area (Å²) in [5.74, 6) is 2.39. The standard InChI is InChI=1S/C35H67ClN2O.CH4O/c1-5-7-15-29(3)30(16-11-12-19-32(36)20-24-34(4)22-13-23-34)21-26-38-27-25-35(28-38,37-33(39)14-6-2)31-17-9-8-10-18-31;1-2/h29-33,37,39H,5-28H2,1-4H3;2H,1H3. The van der Waals surface area contributed by atoms with Crippen LogP contribution in [-0.4, -0.2) is 59.0 Å². The SMILES string of the molecule is CCCCC(C)C(CCCCC(Cl)CCC1(C)CCC1)CCN1CCC(NC(O)CCC)(C2CCCCC2)C1.CO. The third-order valence-electron chi connectivity index (χ3n) is 11.4. The van der Waals surface area contributed by atoms with Gasteiger partial charge in [-0.05, 0) is 93.9 Å². The number of rotatable bonds is 20. The molecule has 2 saturated carbocycles. The van der Waals surface area contributed by atoms with Gasteiger partial charge in [0, 0.05) is 31.1 Å². The Labute approximate surface area is 261 Å². The predicted octanol–water partition coefficient (Wildman–Crippen LogP) is 9.30. The molecular formula is C36H71ClN2O2. The van der Waals surface area contributed by atoms with E-state index in [0.717, 1.165) is 44.2 Å². The van der Waals surface area contributed by atoms with Crippen LogP contribution in [0.2, 0.25) is 0 Å². The first-order valence-electron chi connectivity index (χ1n) is 18.1. The number of nitrogens with one attached hydrogen (secondary N) is 1. The number of halogens is 1. The van der Waals surface area contributed by atoms with Crippen molar-refractivity contribution >= 4 is 11.6 Å². The average Bonchev–Trinajstić information content (AvgIpc) is 3.38. The number of aliphatic hydroxyl groups is 2. The second-order valence-electron chi connectivity index (χ2n) is 14.7. The van der Waals surface area contributed by atoms with E-state index in [0.29, 0.717) is 10.8 Å². The lowest BCUT2D eigenvalue weighted by molar-refractivity contribution is 0.0477. The van der Waals surface area contributed by atoms with Crippen molar-refractivity contribution in [3.8, 4) is 0 Å². The third-order valence-corrected chi connectivity index (χ3v) is 11.8. The van der Waals surface area contributed by atoms with Crippen LogP contribution in [0, 0.1) is 23.2 Å². The molecule has 0 aromatic heterocycles. The van der Waals surface area contributed by atoms with Crippen LogP contribution in [-0.2, 0) is 0 Å². The highest BCUT2D eigenvalue weighted by Crippen LogP contribution is 2.45. The van der Waals surface area contributed by atoms with Gasteiger partial charge in [-0.25, -0.2) is 0 Å². The van der Waals surface area contributed by atoms with Gasteiger partial charge in [0.15, 0.2) is 0 Å². The molecule has 0 radical (unpaired) electrons. The zero-order valence-electron chi connectivity index (χ0n) is 28.1. The summed E-state index contributed by atoms with van der Waals surface area (Å²) in [7, 11) is 1.00. The second-order valence-corrected chi connectivity index (χ2v) is 15.3. The molecule has 5 unspecified atom stereocenters. The van der Waals surface area contributed by atoms with Crippen molar-refractivity contribution in [1.29, 1.82) is 0 Å². The maximum absolute atomic E-state index is 10.8. The van der Waals surface area contributed by atoms with Crippen molar-refractivity contribution in [2.75, 3.05) is 26.7 Å². The van der Waals surface area contributed by atoms with Crippen LogP contribution in [0.5, 0.6) is 0 Å². The Bertz CT molecular complexity index is 653. The smallest absolute Gasteiger partial charge is 0.105 e. The maximum Gasteiger partial charge on any atom is 0.105 e. The van der Waals surface area contributed by atoms with Gasteiger partial charge in [-0.1, -0.05) is 98.3 Å². The monoisotopic (exact) mass is 599 g/mol. The first kappa shape index (κ1) is 37.3. The van der Waals surface area contributed by atoms with Crippen LogP contribution in [0.25, 0.3) is 0 Å². The molecule has 5 atom stereocenters. The molecule has 244 valence electrons. The Balaban J connectivity index is 0.00000287. The Kier molecular flexibility index (Phi) is 18.4. The molecule has 41 heavy (non-hydrogen) atoms. The zero-order valence-corrected chi connectivity index (χ0v) is 28.8. The molecule has 2 aliphatic carbocycles. The van der Waals surface area contributed by atoms with Crippen LogP contribution in [0.15, 0.2) is 0 Å². The second kappa shape index (κ2) is 20.2. The molecule has 1 saturated heterocycles. The molecule has 3 fully saturated rings. The summed E-state index contributed by atoms with van der Waals surface area (Å²) in [4.78, 5) is 2.76. The van der Waals surface area contributed by atoms with Crippen LogP contribution < -0.4 is 5.32 Å². The number of likely N-dealkylation sites (tertiary alicyclic amines) is 1. The molecule has 0 amide bonds. The topological polar surface area (TPSA) is 55.7 Å². The summed E-state index contributed by atoms with van der Waals surface area (Å²) >= 11 is 6.78. The molecule has 0 bridgehead atoms. The molecule has 1 heterocycles. The van der Waals surface area contributed by atoms with Gasteiger partial charge in [-0.3, -0.25) is 5.32 Å². The first-order valence-corrected chi connectivity index (χ1v) is 18.5. The number of hydrogen-bond acceptors (Lipinski definition) is 4. The molecule has 1 aliphatic heterocycles. The fourth-order valence-corrected chi connectivity index (χ4v) is 8.55. The number of alkyl halides is 1.